The summed E-state index contributed by atoms with van der Waals surface area (Å²) in [5.41, 5.74) is 1.02. The molecule has 0 fully saturated rings. The minimum atomic E-state index is -0.478. The zero-order valence-electron chi connectivity index (χ0n) is 13.1. The number of nitrogens with zero attached hydrogens (tertiary/aromatic N) is 5. The van der Waals surface area contributed by atoms with Crippen molar-refractivity contribution in [3.8, 4) is 0 Å². The van der Waals surface area contributed by atoms with Gasteiger partial charge in [-0.05, 0) is 33.8 Å². The van der Waals surface area contributed by atoms with Gasteiger partial charge in [0.25, 0.3) is 5.69 Å². The van der Waals surface area contributed by atoms with E-state index in [2.05, 4.69) is 43.1 Å². The van der Waals surface area contributed by atoms with Gasteiger partial charge in [0.2, 0.25) is 0 Å². The molecular weight excluding hydrogens is 270 g/mol. The molecule has 0 aliphatic heterocycles. The molecule has 0 unspecified atom stereocenters. The van der Waals surface area contributed by atoms with E-state index in [1.54, 1.807) is 0 Å². The molecule has 0 atom stereocenters. The van der Waals surface area contributed by atoms with Crippen LogP contribution in [0.25, 0.3) is 11.0 Å². The first kappa shape index (κ1) is 17.0. The second-order valence-corrected chi connectivity index (χ2v) is 4.83. The molecule has 0 spiro atoms. The lowest BCUT2D eigenvalue weighted by atomic mass is 10.3. The fourth-order valence-corrected chi connectivity index (χ4v) is 2.25. The zero-order valence-corrected chi connectivity index (χ0v) is 13.1. The number of non-ortho nitro benzene ring substituents is 1. The molecule has 0 saturated heterocycles. The highest BCUT2D eigenvalue weighted by molar-refractivity contribution is 5.76. The van der Waals surface area contributed by atoms with Gasteiger partial charge in [-0.2, -0.15) is 0 Å². The largest absolute Gasteiger partial charge is 0.492 e. The van der Waals surface area contributed by atoms with Crippen molar-refractivity contribution in [1.82, 2.24) is 15.4 Å². The maximum Gasteiger partial charge on any atom is 0.271 e. The van der Waals surface area contributed by atoms with Crippen LogP contribution in [-0.2, 0) is 0 Å². The lowest BCUT2D eigenvalue weighted by Crippen LogP contribution is -2.47. The quantitative estimate of drug-likeness (QED) is 0.480. The van der Waals surface area contributed by atoms with Crippen molar-refractivity contribution in [3.05, 3.63) is 28.3 Å². The van der Waals surface area contributed by atoms with Gasteiger partial charge in [0.05, 0.1) is 42.1 Å². The SMILES string of the molecule is CC[N+](CC)(CC)CC.O=[N+]([O-])c1ccc2n[n-]nc2c1. The zero-order chi connectivity index (χ0) is 15.9. The van der Waals surface area contributed by atoms with E-state index >= 15 is 0 Å². The fraction of sp³-hybridized carbons (Fsp3) is 0.571. The van der Waals surface area contributed by atoms with E-state index < -0.39 is 4.92 Å². The van der Waals surface area contributed by atoms with Crippen LogP contribution in [0, 0.1) is 10.1 Å². The molecule has 0 radical (unpaired) electrons. The van der Waals surface area contributed by atoms with Gasteiger partial charge in [0.1, 0.15) is 0 Å². The molecule has 1 aromatic carbocycles. The molecule has 0 aliphatic carbocycles. The summed E-state index contributed by atoms with van der Waals surface area (Å²) in [5, 5.41) is 20.9. The number of benzene rings is 1. The van der Waals surface area contributed by atoms with Crippen molar-refractivity contribution in [2.24, 2.45) is 0 Å². The maximum atomic E-state index is 10.3. The van der Waals surface area contributed by atoms with E-state index in [9.17, 15) is 10.1 Å². The third kappa shape index (κ3) is 4.22. The third-order valence-corrected chi connectivity index (χ3v) is 4.16. The van der Waals surface area contributed by atoms with E-state index in [-0.39, 0.29) is 5.69 Å². The first-order valence-corrected chi connectivity index (χ1v) is 7.27. The molecule has 7 nitrogen and oxygen atoms in total. The van der Waals surface area contributed by atoms with Gasteiger partial charge in [0.15, 0.2) is 0 Å². The van der Waals surface area contributed by atoms with Crippen LogP contribution in [0.15, 0.2) is 18.2 Å². The van der Waals surface area contributed by atoms with E-state index in [0.717, 1.165) is 0 Å². The summed E-state index contributed by atoms with van der Waals surface area (Å²) >= 11 is 0. The van der Waals surface area contributed by atoms with Gasteiger partial charge in [-0.1, -0.05) is 0 Å². The molecule has 0 aliphatic rings. The smallest absolute Gasteiger partial charge is 0.271 e. The highest BCUT2D eigenvalue weighted by atomic mass is 16.6. The van der Waals surface area contributed by atoms with Crippen molar-refractivity contribution in [1.29, 1.82) is 0 Å². The lowest BCUT2D eigenvalue weighted by Gasteiger charge is -2.34. The summed E-state index contributed by atoms with van der Waals surface area (Å²) in [4.78, 5) is 9.83. The predicted octanol–water partition coefficient (Wildman–Crippen LogP) is 2.38. The van der Waals surface area contributed by atoms with Gasteiger partial charge < -0.3 is 19.9 Å². The Morgan fingerprint density at radius 2 is 1.57 bits per heavy atom. The van der Waals surface area contributed by atoms with Crippen LogP contribution in [0.5, 0.6) is 0 Å². The second-order valence-electron chi connectivity index (χ2n) is 4.83. The Hall–Kier alpha value is -2.02. The molecule has 2 aromatic rings. The Kier molecular flexibility index (Phi) is 6.23. The molecule has 2 rings (SSSR count). The molecule has 7 heteroatoms. The van der Waals surface area contributed by atoms with Crippen molar-refractivity contribution >= 4 is 16.7 Å². The van der Waals surface area contributed by atoms with E-state index in [1.807, 2.05) is 0 Å². The maximum absolute atomic E-state index is 10.3. The van der Waals surface area contributed by atoms with Crippen LogP contribution >= 0.6 is 0 Å². The molecule has 0 bridgehead atoms. The topological polar surface area (TPSA) is 83.0 Å². The van der Waals surface area contributed by atoms with Crippen LogP contribution < -0.4 is 5.21 Å². The molecule has 21 heavy (non-hydrogen) atoms. The summed E-state index contributed by atoms with van der Waals surface area (Å²) in [7, 11) is 0. The highest BCUT2D eigenvalue weighted by Crippen LogP contribution is 2.15. The predicted molar refractivity (Wildman–Crippen MR) is 81.9 cm³/mol. The number of aromatic nitrogens is 3. The number of quaternary nitrogens is 1. The minimum absolute atomic E-state index is 0.00444. The molecule has 0 saturated carbocycles. The highest BCUT2D eigenvalue weighted by Gasteiger charge is 2.16. The van der Waals surface area contributed by atoms with Crippen molar-refractivity contribution in [3.63, 3.8) is 0 Å². The third-order valence-electron chi connectivity index (χ3n) is 4.16. The average Bonchev–Trinajstić information content (AvgIpc) is 2.98. The number of nitro benzene ring substituents is 1. The van der Waals surface area contributed by atoms with E-state index in [0.29, 0.717) is 11.0 Å². The Morgan fingerprint density at radius 3 is 2.00 bits per heavy atom. The van der Waals surface area contributed by atoms with Gasteiger partial charge in [-0.15, -0.1) is 0 Å². The summed E-state index contributed by atoms with van der Waals surface area (Å²) < 4.78 is 1.28. The molecular formula is C14H23N5O2. The minimum Gasteiger partial charge on any atom is -0.492 e. The van der Waals surface area contributed by atoms with Gasteiger partial charge in [-0.25, -0.2) is 0 Å². The molecule has 1 heterocycles. The van der Waals surface area contributed by atoms with Crippen LogP contribution in [0.1, 0.15) is 27.7 Å². The normalized spacial score (nSPS) is 11.0. The summed E-state index contributed by atoms with van der Waals surface area (Å²) in [6.07, 6.45) is 0. The molecule has 0 amide bonds. The number of hydrogen-bond acceptors (Lipinski definition) is 4. The van der Waals surface area contributed by atoms with Gasteiger partial charge in [0, 0.05) is 12.1 Å². The summed E-state index contributed by atoms with van der Waals surface area (Å²) in [6, 6.07) is 4.24. The Morgan fingerprint density at radius 1 is 1.05 bits per heavy atom. The Labute approximate surface area is 124 Å². The first-order chi connectivity index (χ1) is 10.0. The Bertz CT molecular complexity index is 560. The average molecular weight is 293 g/mol. The summed E-state index contributed by atoms with van der Waals surface area (Å²) in [5.74, 6) is 0. The Balaban J connectivity index is 0.000000222. The molecule has 1 aromatic heterocycles. The monoisotopic (exact) mass is 293 g/mol. The van der Waals surface area contributed by atoms with Crippen LogP contribution in [0.3, 0.4) is 0 Å². The van der Waals surface area contributed by atoms with E-state index in [1.165, 1.54) is 48.9 Å². The van der Waals surface area contributed by atoms with Crippen LogP contribution in [-0.4, -0.2) is 45.8 Å². The number of hydrogen-bond donors (Lipinski definition) is 0. The fourth-order valence-electron chi connectivity index (χ4n) is 2.25. The number of rotatable bonds is 5. The van der Waals surface area contributed by atoms with Crippen molar-refractivity contribution in [2.75, 3.05) is 26.2 Å². The van der Waals surface area contributed by atoms with Gasteiger partial charge >= 0.3 is 0 Å². The van der Waals surface area contributed by atoms with Gasteiger partial charge in [-0.3, -0.25) is 10.1 Å². The first-order valence-electron chi connectivity index (χ1n) is 7.27. The molecule has 0 N–H and O–H groups in total. The second kappa shape index (κ2) is 7.68. The van der Waals surface area contributed by atoms with Crippen molar-refractivity contribution < 1.29 is 9.41 Å². The lowest BCUT2D eigenvalue weighted by molar-refractivity contribution is -0.921. The number of fused-ring (bicyclic) bond motifs is 1. The standard InChI is InChI=1S/C8H20N.C6H3N4O2/c1-5-9(6-2,7-3)8-4;11-10(12)4-1-2-5-6(3-4)8-9-7-5/h5-8H2,1-4H3;1-3H/q+1;-1. The number of nitro groups is 1. The summed E-state index contributed by atoms with van der Waals surface area (Å²) in [6.45, 7) is 14.2. The van der Waals surface area contributed by atoms with Crippen LogP contribution in [0.4, 0.5) is 5.69 Å². The van der Waals surface area contributed by atoms with E-state index in [4.69, 9.17) is 0 Å². The van der Waals surface area contributed by atoms with Crippen LogP contribution in [0.2, 0.25) is 0 Å². The van der Waals surface area contributed by atoms with Crippen molar-refractivity contribution in [2.45, 2.75) is 27.7 Å². The molecule has 116 valence electrons.